The quantitative estimate of drug-likeness (QED) is 0.379. The highest BCUT2D eigenvalue weighted by Gasteiger charge is 2.24. The summed E-state index contributed by atoms with van der Waals surface area (Å²) in [6.07, 6.45) is -0.726. The minimum Gasteiger partial charge on any atom is -0.504 e. The maximum absolute atomic E-state index is 12.7. The summed E-state index contributed by atoms with van der Waals surface area (Å²) < 4.78 is 10.6. The Morgan fingerprint density at radius 1 is 0.742 bits per heavy atom. The van der Waals surface area contributed by atoms with Gasteiger partial charge < -0.3 is 25.0 Å². The third kappa shape index (κ3) is 6.78. The van der Waals surface area contributed by atoms with Crippen LogP contribution in [-0.2, 0) is 33.9 Å². The van der Waals surface area contributed by atoms with Gasteiger partial charge in [-0.3, -0.25) is 0 Å². The van der Waals surface area contributed by atoms with Gasteiger partial charge in [0, 0.05) is 6.42 Å². The maximum atomic E-state index is 12.7. The molecule has 0 saturated heterocycles. The van der Waals surface area contributed by atoms with Crippen LogP contribution in [0.4, 0.5) is 4.79 Å². The van der Waals surface area contributed by atoms with Gasteiger partial charge in [0.15, 0.2) is 11.5 Å². The van der Waals surface area contributed by atoms with Crippen molar-refractivity contribution in [3.05, 3.63) is 95.6 Å². The first-order valence-electron chi connectivity index (χ1n) is 9.70. The number of nitrogens with one attached hydrogen (secondary N) is 1. The predicted molar refractivity (Wildman–Crippen MR) is 113 cm³/mol. The fourth-order valence-electron chi connectivity index (χ4n) is 2.86. The molecule has 160 valence electrons. The van der Waals surface area contributed by atoms with Gasteiger partial charge in [-0.05, 0) is 28.8 Å². The molecular weight excluding hydrogens is 398 g/mol. The number of carbonyl (C=O) groups excluding carboxylic acids is 2. The molecule has 3 aromatic rings. The van der Waals surface area contributed by atoms with Crippen LogP contribution in [-0.4, -0.2) is 28.3 Å². The van der Waals surface area contributed by atoms with Crippen molar-refractivity contribution in [1.82, 2.24) is 5.32 Å². The number of phenolic OH excluding ortho intramolecular Hbond substituents is 2. The molecular formula is C24H23NO6. The Morgan fingerprint density at radius 2 is 1.32 bits per heavy atom. The number of phenols is 2. The van der Waals surface area contributed by atoms with Gasteiger partial charge >= 0.3 is 12.1 Å². The fraction of sp³-hybridized carbons (Fsp3) is 0.167. The molecule has 7 nitrogen and oxygen atoms in total. The lowest BCUT2D eigenvalue weighted by molar-refractivity contribution is -0.147. The van der Waals surface area contributed by atoms with Crippen LogP contribution in [0, 0.1) is 0 Å². The van der Waals surface area contributed by atoms with E-state index in [0.29, 0.717) is 5.56 Å². The third-order valence-corrected chi connectivity index (χ3v) is 4.49. The minimum absolute atomic E-state index is 0.0436. The summed E-state index contributed by atoms with van der Waals surface area (Å²) in [5.74, 6) is -1.24. The molecule has 3 aromatic carbocycles. The summed E-state index contributed by atoms with van der Waals surface area (Å²) in [5, 5.41) is 21.7. The number of carbonyl (C=O) groups is 2. The molecule has 0 radical (unpaired) electrons. The highest BCUT2D eigenvalue weighted by atomic mass is 16.6. The topological polar surface area (TPSA) is 105 Å². The molecule has 0 spiro atoms. The molecule has 1 amide bonds. The first kappa shape index (κ1) is 21.7. The summed E-state index contributed by atoms with van der Waals surface area (Å²) in [4.78, 5) is 25.0. The molecule has 0 aliphatic carbocycles. The molecule has 0 heterocycles. The van der Waals surface area contributed by atoms with Crippen LogP contribution >= 0.6 is 0 Å². The highest BCUT2D eigenvalue weighted by Crippen LogP contribution is 2.25. The van der Waals surface area contributed by atoms with E-state index in [9.17, 15) is 19.8 Å². The summed E-state index contributed by atoms with van der Waals surface area (Å²) >= 11 is 0. The van der Waals surface area contributed by atoms with Crippen LogP contribution in [0.1, 0.15) is 16.7 Å². The molecule has 0 aromatic heterocycles. The Hall–Kier alpha value is -4.00. The second kappa shape index (κ2) is 10.7. The summed E-state index contributed by atoms with van der Waals surface area (Å²) in [6, 6.07) is 21.5. The van der Waals surface area contributed by atoms with E-state index >= 15 is 0 Å². The van der Waals surface area contributed by atoms with Gasteiger partial charge in [0.1, 0.15) is 19.3 Å². The van der Waals surface area contributed by atoms with Crippen LogP contribution in [0.25, 0.3) is 0 Å². The van der Waals surface area contributed by atoms with Crippen molar-refractivity contribution in [2.75, 3.05) is 0 Å². The van der Waals surface area contributed by atoms with Crippen molar-refractivity contribution >= 4 is 12.1 Å². The van der Waals surface area contributed by atoms with Crippen molar-refractivity contribution in [3.8, 4) is 11.5 Å². The third-order valence-electron chi connectivity index (χ3n) is 4.49. The number of rotatable bonds is 8. The van der Waals surface area contributed by atoms with E-state index in [4.69, 9.17) is 9.47 Å². The van der Waals surface area contributed by atoms with Gasteiger partial charge in [0.25, 0.3) is 0 Å². The van der Waals surface area contributed by atoms with Crippen LogP contribution in [0.15, 0.2) is 78.9 Å². The number of hydrogen-bond donors (Lipinski definition) is 3. The van der Waals surface area contributed by atoms with E-state index in [2.05, 4.69) is 5.32 Å². The Labute approximate surface area is 179 Å². The lowest BCUT2D eigenvalue weighted by Crippen LogP contribution is -2.43. The maximum Gasteiger partial charge on any atom is 0.408 e. The average molecular weight is 421 g/mol. The molecule has 31 heavy (non-hydrogen) atoms. The fourth-order valence-corrected chi connectivity index (χ4v) is 2.86. The molecule has 3 N–H and O–H groups in total. The first-order chi connectivity index (χ1) is 15.0. The Kier molecular flexibility index (Phi) is 7.48. The molecule has 0 bridgehead atoms. The number of amides is 1. The van der Waals surface area contributed by atoms with Crippen LogP contribution in [0.5, 0.6) is 11.5 Å². The molecule has 3 rings (SSSR count). The van der Waals surface area contributed by atoms with Crippen molar-refractivity contribution in [3.63, 3.8) is 0 Å². The Bertz CT molecular complexity index is 1010. The van der Waals surface area contributed by atoms with Gasteiger partial charge in [0.05, 0.1) is 0 Å². The second-order valence-electron chi connectivity index (χ2n) is 6.88. The van der Waals surface area contributed by atoms with Gasteiger partial charge in [-0.25, -0.2) is 9.59 Å². The summed E-state index contributed by atoms with van der Waals surface area (Å²) in [6.45, 7) is 0.107. The molecule has 7 heteroatoms. The molecule has 1 atom stereocenters. The summed E-state index contributed by atoms with van der Waals surface area (Å²) in [7, 11) is 0. The van der Waals surface area contributed by atoms with E-state index in [1.807, 2.05) is 60.7 Å². The SMILES string of the molecule is O=C(N[C@H](Cc1ccc(O)c(O)c1)C(=O)OCc1ccccc1)OCc1ccccc1. The van der Waals surface area contributed by atoms with Crippen LogP contribution < -0.4 is 5.32 Å². The van der Waals surface area contributed by atoms with Gasteiger partial charge in [-0.1, -0.05) is 66.7 Å². The largest absolute Gasteiger partial charge is 0.504 e. The van der Waals surface area contributed by atoms with Gasteiger partial charge in [0.2, 0.25) is 0 Å². The lowest BCUT2D eigenvalue weighted by Gasteiger charge is -2.18. The molecule has 0 fully saturated rings. The Balaban J connectivity index is 1.65. The van der Waals surface area contributed by atoms with Gasteiger partial charge in [-0.2, -0.15) is 0 Å². The normalized spacial score (nSPS) is 11.4. The smallest absolute Gasteiger partial charge is 0.408 e. The number of hydrogen-bond acceptors (Lipinski definition) is 6. The van der Waals surface area contributed by atoms with E-state index < -0.39 is 18.1 Å². The number of ether oxygens (including phenoxy) is 2. The van der Waals surface area contributed by atoms with E-state index in [0.717, 1.165) is 11.1 Å². The Morgan fingerprint density at radius 3 is 1.90 bits per heavy atom. The predicted octanol–water partition coefficient (Wildman–Crippen LogP) is 3.68. The number of aromatic hydroxyl groups is 2. The van der Waals surface area contributed by atoms with E-state index in [1.54, 1.807) is 6.07 Å². The van der Waals surface area contributed by atoms with Crippen LogP contribution in [0.2, 0.25) is 0 Å². The second-order valence-corrected chi connectivity index (χ2v) is 6.88. The monoisotopic (exact) mass is 421 g/mol. The highest BCUT2D eigenvalue weighted by molar-refractivity contribution is 5.81. The summed E-state index contributed by atoms with van der Waals surface area (Å²) in [5.41, 5.74) is 2.15. The number of esters is 1. The van der Waals surface area contributed by atoms with Gasteiger partial charge in [-0.15, -0.1) is 0 Å². The zero-order valence-electron chi connectivity index (χ0n) is 16.7. The molecule has 0 unspecified atom stereocenters. The standard InChI is InChI=1S/C24H23NO6/c26-21-12-11-19(14-22(21)27)13-20(23(28)30-15-17-7-3-1-4-8-17)25-24(29)31-16-18-9-5-2-6-10-18/h1-12,14,20,26-27H,13,15-16H2,(H,25,29)/t20-/m1/s1. The number of alkyl carbamates (subject to hydrolysis) is 1. The zero-order chi connectivity index (χ0) is 22.1. The molecule has 0 saturated carbocycles. The van der Waals surface area contributed by atoms with Crippen molar-refractivity contribution in [1.29, 1.82) is 0 Å². The minimum atomic E-state index is -1.05. The first-order valence-corrected chi connectivity index (χ1v) is 9.70. The number of benzene rings is 3. The van der Waals surface area contributed by atoms with Crippen molar-refractivity contribution in [2.24, 2.45) is 0 Å². The average Bonchev–Trinajstić information content (AvgIpc) is 2.79. The van der Waals surface area contributed by atoms with Crippen LogP contribution in [0.3, 0.4) is 0 Å². The van der Waals surface area contributed by atoms with E-state index in [1.165, 1.54) is 12.1 Å². The van der Waals surface area contributed by atoms with Crippen molar-refractivity contribution in [2.45, 2.75) is 25.7 Å². The molecule has 0 aliphatic rings. The lowest BCUT2D eigenvalue weighted by atomic mass is 10.1. The van der Waals surface area contributed by atoms with E-state index in [-0.39, 0.29) is 31.1 Å². The zero-order valence-corrected chi connectivity index (χ0v) is 16.7. The van der Waals surface area contributed by atoms with Crippen molar-refractivity contribution < 1.29 is 29.3 Å². The molecule has 0 aliphatic heterocycles.